The van der Waals surface area contributed by atoms with Crippen LogP contribution in [-0.4, -0.2) is 36.0 Å². The van der Waals surface area contributed by atoms with Crippen LogP contribution < -0.4 is 0 Å². The number of hydrogen-bond acceptors (Lipinski definition) is 2. The van der Waals surface area contributed by atoms with Crippen LogP contribution in [0.2, 0.25) is 0 Å². The maximum Gasteiger partial charge on any atom is 0.0234 e. The fourth-order valence-corrected chi connectivity index (χ4v) is 3.38. The normalized spacial score (nSPS) is 16.4. The molecule has 0 N–H and O–H groups in total. The van der Waals surface area contributed by atoms with Crippen molar-refractivity contribution >= 4 is 0 Å². The molecule has 3 rings (SSSR count). The minimum absolute atomic E-state index is 1.09. The van der Waals surface area contributed by atoms with E-state index in [4.69, 9.17) is 0 Å². The lowest BCUT2D eigenvalue weighted by Crippen LogP contribution is -2.45. The average Bonchev–Trinajstić information content (AvgIpc) is 2.65. The van der Waals surface area contributed by atoms with Crippen molar-refractivity contribution in [1.82, 2.24) is 9.80 Å². The molecule has 1 fully saturated rings. The molecule has 0 spiro atoms. The van der Waals surface area contributed by atoms with Crippen LogP contribution in [0.15, 0.2) is 48.5 Å². The van der Waals surface area contributed by atoms with Gasteiger partial charge in [-0.15, -0.1) is 0 Å². The Kier molecular flexibility index (Phi) is 6.06. The summed E-state index contributed by atoms with van der Waals surface area (Å²) in [5.74, 6) is 0. The van der Waals surface area contributed by atoms with Gasteiger partial charge in [0.1, 0.15) is 0 Å². The lowest BCUT2D eigenvalue weighted by molar-refractivity contribution is 0.122. The molecule has 0 saturated carbocycles. The van der Waals surface area contributed by atoms with Crippen LogP contribution in [0.25, 0.3) is 0 Å². The van der Waals surface area contributed by atoms with Crippen molar-refractivity contribution in [1.29, 1.82) is 0 Å². The number of hydrogen-bond donors (Lipinski definition) is 0. The Morgan fingerprint density at radius 2 is 0.833 bits per heavy atom. The van der Waals surface area contributed by atoms with E-state index in [-0.39, 0.29) is 0 Å². The molecule has 2 aromatic rings. The van der Waals surface area contributed by atoms with Crippen LogP contribution in [0.5, 0.6) is 0 Å². The van der Waals surface area contributed by atoms with Crippen LogP contribution in [0.4, 0.5) is 0 Å². The van der Waals surface area contributed by atoms with Gasteiger partial charge in [-0.2, -0.15) is 0 Å². The van der Waals surface area contributed by atoms with Crippen molar-refractivity contribution in [2.75, 3.05) is 26.2 Å². The van der Waals surface area contributed by atoms with Gasteiger partial charge in [0.05, 0.1) is 0 Å². The van der Waals surface area contributed by atoms with Crippen molar-refractivity contribution in [2.45, 2.75) is 39.8 Å². The van der Waals surface area contributed by atoms with E-state index in [0.29, 0.717) is 0 Å². The molecule has 0 aliphatic carbocycles. The highest BCUT2D eigenvalue weighted by Gasteiger charge is 2.17. The fraction of sp³-hybridized carbons (Fsp3) is 0.455. The van der Waals surface area contributed by atoms with Gasteiger partial charge >= 0.3 is 0 Å². The zero-order chi connectivity index (χ0) is 16.8. The van der Waals surface area contributed by atoms with E-state index < -0.39 is 0 Å². The first-order chi connectivity index (χ1) is 11.8. The number of piperazine rings is 1. The minimum atomic E-state index is 1.09. The van der Waals surface area contributed by atoms with Crippen LogP contribution in [0.3, 0.4) is 0 Å². The first-order valence-corrected chi connectivity index (χ1v) is 9.37. The first-order valence-electron chi connectivity index (χ1n) is 9.37. The molecule has 0 atom stereocenters. The number of benzene rings is 2. The second-order valence-corrected chi connectivity index (χ2v) is 6.89. The molecule has 0 bridgehead atoms. The number of nitrogens with zero attached hydrogens (tertiary/aromatic N) is 2. The highest BCUT2D eigenvalue weighted by molar-refractivity contribution is 5.23. The summed E-state index contributed by atoms with van der Waals surface area (Å²) in [6.07, 6.45) is 2.25. The number of rotatable bonds is 6. The summed E-state index contributed by atoms with van der Waals surface area (Å²) < 4.78 is 0. The topological polar surface area (TPSA) is 6.48 Å². The molecule has 24 heavy (non-hydrogen) atoms. The van der Waals surface area contributed by atoms with Gasteiger partial charge in [0.2, 0.25) is 0 Å². The van der Waals surface area contributed by atoms with Crippen LogP contribution in [0, 0.1) is 0 Å². The summed E-state index contributed by atoms with van der Waals surface area (Å²) in [4.78, 5) is 5.16. The molecule has 1 aliphatic heterocycles. The fourth-order valence-electron chi connectivity index (χ4n) is 3.38. The molecule has 0 amide bonds. The SMILES string of the molecule is CCc1ccc(CN2CCN(Cc3ccc(CC)cc3)CC2)cc1. The predicted octanol–water partition coefficient (Wildman–Crippen LogP) is 4.13. The molecular weight excluding hydrogens is 292 g/mol. The van der Waals surface area contributed by atoms with Crippen molar-refractivity contribution in [3.05, 3.63) is 70.8 Å². The Morgan fingerprint density at radius 3 is 1.12 bits per heavy atom. The van der Waals surface area contributed by atoms with Gasteiger partial charge in [0, 0.05) is 39.3 Å². The predicted molar refractivity (Wildman–Crippen MR) is 102 cm³/mol. The van der Waals surface area contributed by atoms with E-state index in [9.17, 15) is 0 Å². The third-order valence-corrected chi connectivity index (χ3v) is 5.14. The van der Waals surface area contributed by atoms with Gasteiger partial charge in [0.25, 0.3) is 0 Å². The van der Waals surface area contributed by atoms with E-state index in [1.54, 1.807) is 0 Å². The van der Waals surface area contributed by atoms with Gasteiger partial charge in [-0.25, -0.2) is 0 Å². The second-order valence-electron chi connectivity index (χ2n) is 6.89. The minimum Gasteiger partial charge on any atom is -0.297 e. The highest BCUT2D eigenvalue weighted by atomic mass is 15.3. The molecule has 2 heteroatoms. The Balaban J connectivity index is 1.46. The van der Waals surface area contributed by atoms with Crippen LogP contribution >= 0.6 is 0 Å². The van der Waals surface area contributed by atoms with Gasteiger partial charge < -0.3 is 0 Å². The summed E-state index contributed by atoms with van der Waals surface area (Å²) in [7, 11) is 0. The van der Waals surface area contributed by atoms with Gasteiger partial charge in [-0.3, -0.25) is 9.80 Å². The molecule has 2 nitrogen and oxygen atoms in total. The van der Waals surface area contributed by atoms with E-state index in [0.717, 1.165) is 25.9 Å². The number of aryl methyl sites for hydroxylation is 2. The van der Waals surface area contributed by atoms with Crippen LogP contribution in [-0.2, 0) is 25.9 Å². The lowest BCUT2D eigenvalue weighted by Gasteiger charge is -2.34. The van der Waals surface area contributed by atoms with E-state index >= 15 is 0 Å². The zero-order valence-electron chi connectivity index (χ0n) is 15.2. The summed E-state index contributed by atoms with van der Waals surface area (Å²) in [5.41, 5.74) is 5.74. The summed E-state index contributed by atoms with van der Waals surface area (Å²) in [5, 5.41) is 0. The zero-order valence-corrected chi connectivity index (χ0v) is 15.2. The molecule has 0 aromatic heterocycles. The average molecular weight is 322 g/mol. The first kappa shape index (κ1) is 17.2. The molecule has 128 valence electrons. The lowest BCUT2D eigenvalue weighted by atomic mass is 10.1. The van der Waals surface area contributed by atoms with E-state index in [1.807, 2.05) is 0 Å². The molecule has 1 saturated heterocycles. The van der Waals surface area contributed by atoms with Gasteiger partial charge in [-0.05, 0) is 35.1 Å². The van der Waals surface area contributed by atoms with E-state index in [2.05, 4.69) is 72.2 Å². The highest BCUT2D eigenvalue weighted by Crippen LogP contribution is 2.13. The third-order valence-electron chi connectivity index (χ3n) is 5.14. The monoisotopic (exact) mass is 322 g/mol. The third kappa shape index (κ3) is 4.68. The van der Waals surface area contributed by atoms with E-state index in [1.165, 1.54) is 48.4 Å². The van der Waals surface area contributed by atoms with Crippen LogP contribution in [0.1, 0.15) is 36.1 Å². The molecule has 2 aromatic carbocycles. The summed E-state index contributed by atoms with van der Waals surface area (Å²) in [6, 6.07) is 18.2. The molecule has 1 aliphatic rings. The summed E-state index contributed by atoms with van der Waals surface area (Å²) >= 11 is 0. The molecule has 1 heterocycles. The second kappa shape index (κ2) is 8.46. The standard InChI is InChI=1S/C22H30N2/c1-3-19-5-9-21(10-6-19)17-23-13-15-24(16-14-23)18-22-11-7-20(4-2)8-12-22/h5-12H,3-4,13-18H2,1-2H3. The van der Waals surface area contributed by atoms with Gasteiger partial charge in [-0.1, -0.05) is 62.4 Å². The van der Waals surface area contributed by atoms with Gasteiger partial charge in [0.15, 0.2) is 0 Å². The Labute approximate surface area is 147 Å². The summed E-state index contributed by atoms with van der Waals surface area (Å²) in [6.45, 7) is 11.3. The van der Waals surface area contributed by atoms with Crippen molar-refractivity contribution in [2.24, 2.45) is 0 Å². The Bertz CT molecular complexity index is 550. The Morgan fingerprint density at radius 1 is 0.542 bits per heavy atom. The Hall–Kier alpha value is -1.64. The smallest absolute Gasteiger partial charge is 0.0234 e. The van der Waals surface area contributed by atoms with Crippen molar-refractivity contribution in [3.8, 4) is 0 Å². The maximum atomic E-state index is 2.58. The van der Waals surface area contributed by atoms with Crippen molar-refractivity contribution in [3.63, 3.8) is 0 Å². The molecule has 0 unspecified atom stereocenters. The quantitative estimate of drug-likeness (QED) is 0.789. The largest absolute Gasteiger partial charge is 0.297 e. The maximum absolute atomic E-state index is 2.58. The molecule has 0 radical (unpaired) electrons. The van der Waals surface area contributed by atoms with Crippen molar-refractivity contribution < 1.29 is 0 Å². The molecular formula is C22H30N2.